The van der Waals surface area contributed by atoms with Crippen LogP contribution in [0.25, 0.3) is 0 Å². The van der Waals surface area contributed by atoms with Crippen molar-refractivity contribution >= 4 is 21.5 Å². The van der Waals surface area contributed by atoms with E-state index in [-0.39, 0.29) is 5.75 Å². The van der Waals surface area contributed by atoms with Crippen molar-refractivity contribution in [2.45, 2.75) is 4.90 Å². The molecule has 0 aliphatic carbocycles. The molecule has 0 aliphatic heterocycles. The number of benzene rings is 2. The summed E-state index contributed by atoms with van der Waals surface area (Å²) in [4.78, 5) is 19.4. The lowest BCUT2D eigenvalue weighted by Crippen LogP contribution is -2.11. The van der Waals surface area contributed by atoms with Crippen LogP contribution < -0.4 is 8.92 Å². The van der Waals surface area contributed by atoms with Gasteiger partial charge >= 0.3 is 21.5 Å². The molecule has 0 spiro atoms. The van der Waals surface area contributed by atoms with Crippen LogP contribution in [0.3, 0.4) is 0 Å². The first kappa shape index (κ1) is 17.1. The highest BCUT2D eigenvalue weighted by Gasteiger charge is 2.32. The molecule has 11 heteroatoms. The number of nitro benzene ring substituents is 2. The van der Waals surface area contributed by atoms with E-state index in [2.05, 4.69) is 4.74 Å². The zero-order chi connectivity index (χ0) is 17.9. The quantitative estimate of drug-likeness (QED) is 0.437. The van der Waals surface area contributed by atoms with Crippen molar-refractivity contribution < 1.29 is 27.2 Å². The van der Waals surface area contributed by atoms with E-state index in [1.54, 1.807) is 6.07 Å². The summed E-state index contributed by atoms with van der Waals surface area (Å²) in [6, 6.07) is 8.65. The summed E-state index contributed by atoms with van der Waals surface area (Å²) in [6.45, 7) is 0. The third-order valence-electron chi connectivity index (χ3n) is 2.86. The molecule has 2 aromatic rings. The van der Waals surface area contributed by atoms with Crippen LogP contribution >= 0.6 is 0 Å². The second-order valence-electron chi connectivity index (χ2n) is 4.36. The average molecular weight is 354 g/mol. The van der Waals surface area contributed by atoms with Crippen LogP contribution in [0, 0.1) is 20.2 Å². The Labute approximate surface area is 135 Å². The van der Waals surface area contributed by atoms with Gasteiger partial charge in [-0.3, -0.25) is 20.2 Å². The van der Waals surface area contributed by atoms with Crippen molar-refractivity contribution in [2.24, 2.45) is 0 Å². The fraction of sp³-hybridized carbons (Fsp3) is 0.0769. The van der Waals surface area contributed by atoms with Crippen LogP contribution in [0.1, 0.15) is 0 Å². The molecule has 0 aliphatic rings. The van der Waals surface area contributed by atoms with E-state index in [9.17, 15) is 28.6 Å². The monoisotopic (exact) mass is 354 g/mol. The maximum Gasteiger partial charge on any atom is 0.339 e. The summed E-state index contributed by atoms with van der Waals surface area (Å²) in [6.07, 6.45) is 0. The van der Waals surface area contributed by atoms with Crippen molar-refractivity contribution in [2.75, 3.05) is 7.11 Å². The molecule has 0 saturated heterocycles. The third kappa shape index (κ3) is 3.41. The van der Waals surface area contributed by atoms with E-state index in [0.717, 1.165) is 7.11 Å². The summed E-state index contributed by atoms with van der Waals surface area (Å²) < 4.78 is 34.0. The number of ether oxygens (including phenoxy) is 1. The second-order valence-corrected chi connectivity index (χ2v) is 5.91. The topological polar surface area (TPSA) is 139 Å². The Morgan fingerprint density at radius 1 is 0.958 bits per heavy atom. The van der Waals surface area contributed by atoms with Crippen molar-refractivity contribution in [3.8, 4) is 11.5 Å². The molecule has 24 heavy (non-hydrogen) atoms. The molecule has 10 nitrogen and oxygen atoms in total. The zero-order valence-electron chi connectivity index (χ0n) is 12.1. The molecule has 126 valence electrons. The molecule has 0 saturated carbocycles. The Hall–Kier alpha value is -3.21. The van der Waals surface area contributed by atoms with Crippen LogP contribution in [-0.2, 0) is 10.1 Å². The predicted octanol–water partition coefficient (Wildman–Crippen LogP) is 2.28. The van der Waals surface area contributed by atoms with Gasteiger partial charge in [0.25, 0.3) is 5.75 Å². The van der Waals surface area contributed by atoms with E-state index in [1.165, 1.54) is 24.3 Å². The van der Waals surface area contributed by atoms with Gasteiger partial charge in [0, 0.05) is 12.1 Å². The smallest absolute Gasteiger partial charge is 0.339 e. The first-order valence-electron chi connectivity index (χ1n) is 6.26. The summed E-state index contributed by atoms with van der Waals surface area (Å²) in [7, 11) is -3.51. The van der Waals surface area contributed by atoms with Crippen LogP contribution in [0.2, 0.25) is 0 Å². The van der Waals surface area contributed by atoms with Gasteiger partial charge in [-0.1, -0.05) is 18.2 Å². The standard InChI is InChI=1S/C13H10N2O8S/c1-22-13-11(14(16)17)7-10(8-12(13)15(18)19)24(20,21)23-9-5-3-2-4-6-9/h2-8H,1H3. The summed E-state index contributed by atoms with van der Waals surface area (Å²) >= 11 is 0. The van der Waals surface area contributed by atoms with Gasteiger partial charge in [0.2, 0.25) is 0 Å². The van der Waals surface area contributed by atoms with Crippen LogP contribution in [0.4, 0.5) is 11.4 Å². The number of rotatable bonds is 6. The van der Waals surface area contributed by atoms with Gasteiger partial charge in [-0.15, -0.1) is 0 Å². The van der Waals surface area contributed by atoms with Gasteiger partial charge in [0.1, 0.15) is 10.6 Å². The summed E-state index contributed by atoms with van der Waals surface area (Å²) in [5, 5.41) is 22.1. The number of methoxy groups -OCH3 is 1. The first-order chi connectivity index (χ1) is 11.3. The molecule has 0 bridgehead atoms. The zero-order valence-corrected chi connectivity index (χ0v) is 12.9. The third-order valence-corrected chi connectivity index (χ3v) is 4.08. The highest BCUT2D eigenvalue weighted by Crippen LogP contribution is 2.39. The Balaban J connectivity index is 2.61. The molecule has 0 amide bonds. The highest BCUT2D eigenvalue weighted by atomic mass is 32.2. The predicted molar refractivity (Wildman–Crippen MR) is 80.6 cm³/mol. The minimum absolute atomic E-state index is 0.0429. The molecular weight excluding hydrogens is 344 g/mol. The lowest BCUT2D eigenvalue weighted by atomic mass is 10.2. The fourth-order valence-electron chi connectivity index (χ4n) is 1.85. The Kier molecular flexibility index (Phi) is 4.64. The van der Waals surface area contributed by atoms with E-state index in [4.69, 9.17) is 4.18 Å². The SMILES string of the molecule is COc1c([N+](=O)[O-])cc(S(=O)(=O)Oc2ccccc2)cc1[N+](=O)[O-]. The van der Waals surface area contributed by atoms with Gasteiger partial charge in [0.15, 0.2) is 0 Å². The molecule has 0 N–H and O–H groups in total. The van der Waals surface area contributed by atoms with E-state index >= 15 is 0 Å². The van der Waals surface area contributed by atoms with E-state index in [1.807, 2.05) is 0 Å². The van der Waals surface area contributed by atoms with Gasteiger partial charge in [-0.05, 0) is 12.1 Å². The number of hydrogen-bond acceptors (Lipinski definition) is 8. The normalized spacial score (nSPS) is 10.9. The highest BCUT2D eigenvalue weighted by molar-refractivity contribution is 7.87. The fourth-order valence-corrected chi connectivity index (χ4v) is 2.82. The van der Waals surface area contributed by atoms with Crippen molar-refractivity contribution in [1.82, 2.24) is 0 Å². The molecule has 0 fully saturated rings. The maximum absolute atomic E-state index is 12.2. The molecule has 0 unspecified atom stereocenters. The number of hydrogen-bond donors (Lipinski definition) is 0. The lowest BCUT2D eigenvalue weighted by molar-refractivity contribution is -0.396. The molecular formula is C13H10N2O8S. The van der Waals surface area contributed by atoms with Crippen molar-refractivity contribution in [3.05, 3.63) is 62.7 Å². The Morgan fingerprint density at radius 2 is 1.46 bits per heavy atom. The molecule has 0 atom stereocenters. The van der Waals surface area contributed by atoms with Gasteiger partial charge in [-0.25, -0.2) is 0 Å². The van der Waals surface area contributed by atoms with Crippen LogP contribution in [0.5, 0.6) is 11.5 Å². The Bertz CT molecular complexity index is 860. The maximum atomic E-state index is 12.2. The summed E-state index contributed by atoms with van der Waals surface area (Å²) in [5.74, 6) is -0.692. The van der Waals surface area contributed by atoms with Gasteiger partial charge < -0.3 is 8.92 Å². The second kappa shape index (κ2) is 6.50. The van der Waals surface area contributed by atoms with Crippen LogP contribution in [0.15, 0.2) is 47.4 Å². The molecule has 0 radical (unpaired) electrons. The number of nitro groups is 2. The minimum Gasteiger partial charge on any atom is -0.485 e. The molecule has 0 aromatic heterocycles. The molecule has 2 rings (SSSR count). The van der Waals surface area contributed by atoms with Crippen molar-refractivity contribution in [3.63, 3.8) is 0 Å². The van der Waals surface area contributed by atoms with Crippen molar-refractivity contribution in [1.29, 1.82) is 0 Å². The molecule has 0 heterocycles. The number of para-hydroxylation sites is 1. The van der Waals surface area contributed by atoms with Gasteiger partial charge in [0.05, 0.1) is 17.0 Å². The average Bonchev–Trinajstić information content (AvgIpc) is 2.53. The van der Waals surface area contributed by atoms with Gasteiger partial charge in [-0.2, -0.15) is 8.42 Å². The largest absolute Gasteiger partial charge is 0.485 e. The molecule has 2 aromatic carbocycles. The van der Waals surface area contributed by atoms with E-state index < -0.39 is 42.0 Å². The summed E-state index contributed by atoms with van der Waals surface area (Å²) in [5.41, 5.74) is -1.72. The van der Waals surface area contributed by atoms with E-state index in [0.29, 0.717) is 12.1 Å². The Morgan fingerprint density at radius 3 is 1.88 bits per heavy atom. The number of nitrogens with zero attached hydrogens (tertiary/aromatic N) is 2. The minimum atomic E-state index is -4.51. The van der Waals surface area contributed by atoms with Crippen LogP contribution in [-0.4, -0.2) is 25.4 Å². The first-order valence-corrected chi connectivity index (χ1v) is 7.67. The lowest BCUT2D eigenvalue weighted by Gasteiger charge is -2.08.